The lowest BCUT2D eigenvalue weighted by atomic mass is 9.99. The van der Waals surface area contributed by atoms with Gasteiger partial charge in [0.05, 0.1) is 18.2 Å². The largest absolute Gasteiger partial charge is 0.481 e. The fourth-order valence-electron chi connectivity index (χ4n) is 8.50. The molecule has 1 aromatic rings. The first kappa shape index (κ1) is 77.3. The minimum atomic E-state index is -1.83. The van der Waals surface area contributed by atoms with E-state index >= 15 is 0 Å². The molecule has 0 radical (unpaired) electrons. The molecule has 10 amide bonds. The molecule has 0 heterocycles. The summed E-state index contributed by atoms with van der Waals surface area (Å²) in [6.07, 6.45) is -2.78. The van der Waals surface area contributed by atoms with Gasteiger partial charge >= 0.3 is 11.9 Å². The number of carboxylic acid groups (broad SMARTS) is 2. The molecule has 0 aliphatic heterocycles. The third kappa shape index (κ3) is 30.5. The summed E-state index contributed by atoms with van der Waals surface area (Å²) in [5.74, 6) is -13.6. The van der Waals surface area contributed by atoms with E-state index in [1.165, 1.54) is 25.6 Å². The molecule has 1 aromatic carbocycles. The second-order valence-corrected chi connectivity index (χ2v) is 22.8. The van der Waals surface area contributed by atoms with E-state index < -0.39 is 175 Å². The van der Waals surface area contributed by atoms with Gasteiger partial charge in [-0.3, -0.25) is 57.7 Å². The number of aliphatic carboxylic acids is 2. The number of nitrogens with one attached hydrogen (secondary N) is 9. The van der Waals surface area contributed by atoms with Gasteiger partial charge in [-0.05, 0) is 114 Å². The molecule has 0 saturated carbocycles. The van der Waals surface area contributed by atoms with Gasteiger partial charge in [0.15, 0.2) is 5.96 Å². The molecule has 0 aliphatic rings. The number of nitrogens with two attached hydrogens (primary N) is 5. The fourth-order valence-corrected chi connectivity index (χ4v) is 8.97. The van der Waals surface area contributed by atoms with Gasteiger partial charge in [0.25, 0.3) is 0 Å². The number of benzene rings is 1. The monoisotopic (exact) mass is 1250 g/mol. The van der Waals surface area contributed by atoms with Crippen molar-refractivity contribution in [1.29, 1.82) is 0 Å². The van der Waals surface area contributed by atoms with Crippen molar-refractivity contribution < 1.29 is 78.0 Å². The molecule has 0 aromatic heterocycles. The highest BCUT2D eigenvalue weighted by atomic mass is 32.2. The van der Waals surface area contributed by atoms with Crippen LogP contribution >= 0.6 is 11.8 Å². The number of rotatable bonds is 43. The van der Waals surface area contributed by atoms with E-state index in [0.29, 0.717) is 18.6 Å². The number of nitrogens with zero attached hydrogens (tertiary/aromatic N) is 1. The summed E-state index contributed by atoms with van der Waals surface area (Å²) in [4.78, 5) is 164. The fraction of sp³-hybridized carbons (Fsp3) is 0.655. The average molecular weight is 1250 g/mol. The van der Waals surface area contributed by atoms with Crippen LogP contribution in [0, 0.1) is 11.8 Å². The van der Waals surface area contributed by atoms with Crippen LogP contribution in [0.1, 0.15) is 118 Å². The summed E-state index contributed by atoms with van der Waals surface area (Å²) < 4.78 is 0. The van der Waals surface area contributed by atoms with Crippen LogP contribution in [0.5, 0.6) is 0 Å². The molecule has 31 nitrogen and oxygen atoms in total. The molecule has 12 atom stereocenters. The highest BCUT2D eigenvalue weighted by molar-refractivity contribution is 7.98. The number of hydrogen-bond donors (Lipinski definition) is 18. The Balaban J connectivity index is 3.47. The van der Waals surface area contributed by atoms with Gasteiger partial charge in [-0.1, -0.05) is 58.0 Å². The van der Waals surface area contributed by atoms with Crippen LogP contribution < -0.4 is 76.5 Å². The van der Waals surface area contributed by atoms with Crippen molar-refractivity contribution in [2.24, 2.45) is 45.5 Å². The van der Waals surface area contributed by atoms with E-state index in [0.717, 1.165) is 19.4 Å². The molecule has 87 heavy (non-hydrogen) atoms. The number of primary amides is 1. The van der Waals surface area contributed by atoms with Crippen LogP contribution in [0.4, 0.5) is 0 Å². The number of carboxylic acids is 2. The maximum absolute atomic E-state index is 14.2. The SMILES string of the molecule is CSCC[C@H](NC(=O)[C@H](CCCN=C(N)N)NC(=O)[C@@H](N)Cc1ccccc1)C(=O)N[C@H](C(=O)N[C@@H](CCC(N)=O)C(=O)N[C@@H](CC(C)C)C(=O)N[C@H](C(=O)N[C@H](C(=O)N[C@@H](CCC(=O)O)C(=O)N[C@@H](CCCCN)C(=O)O)C(C)C)[C@@H](C)O)[C@@H](C)O. The summed E-state index contributed by atoms with van der Waals surface area (Å²) in [6, 6.07) is -6.20. The van der Waals surface area contributed by atoms with Crippen molar-refractivity contribution in [3.8, 4) is 0 Å². The van der Waals surface area contributed by atoms with Crippen LogP contribution in [0.25, 0.3) is 0 Å². The van der Waals surface area contributed by atoms with Gasteiger partial charge in [-0.25, -0.2) is 4.79 Å². The Morgan fingerprint density at radius 3 is 1.41 bits per heavy atom. The lowest BCUT2D eigenvalue weighted by Gasteiger charge is -2.30. The van der Waals surface area contributed by atoms with Gasteiger partial charge in [-0.15, -0.1) is 0 Å². The number of aliphatic imine (C=N–C) groups is 1. The number of thioether (sulfide) groups is 1. The van der Waals surface area contributed by atoms with Crippen LogP contribution in [0.2, 0.25) is 0 Å². The van der Waals surface area contributed by atoms with Crippen molar-refractivity contribution in [2.75, 3.05) is 25.1 Å². The molecule has 0 unspecified atom stereocenters. The van der Waals surface area contributed by atoms with Gasteiger partial charge < -0.3 is 96.9 Å². The zero-order chi connectivity index (χ0) is 66.1. The highest BCUT2D eigenvalue weighted by Crippen LogP contribution is 2.13. The average Bonchev–Trinajstić information content (AvgIpc) is 3.52. The maximum Gasteiger partial charge on any atom is 0.326 e. The smallest absolute Gasteiger partial charge is 0.326 e. The summed E-state index contributed by atoms with van der Waals surface area (Å²) in [6.45, 7) is 8.98. The quantitative estimate of drug-likeness (QED) is 0.0167. The molecule has 32 heteroatoms. The molecule has 0 spiro atoms. The maximum atomic E-state index is 14.2. The first-order valence-corrected chi connectivity index (χ1v) is 30.1. The molecule has 0 saturated heterocycles. The molecule has 0 aliphatic carbocycles. The van der Waals surface area contributed by atoms with E-state index in [4.69, 9.17) is 28.7 Å². The van der Waals surface area contributed by atoms with Gasteiger partial charge in [0.1, 0.15) is 54.4 Å². The van der Waals surface area contributed by atoms with Gasteiger partial charge in [-0.2, -0.15) is 11.8 Å². The summed E-state index contributed by atoms with van der Waals surface area (Å²) >= 11 is 1.31. The zero-order valence-electron chi connectivity index (χ0n) is 50.5. The number of amides is 10. The number of hydrogen-bond acceptors (Lipinski definition) is 18. The van der Waals surface area contributed by atoms with Crippen molar-refractivity contribution >= 4 is 88.7 Å². The van der Waals surface area contributed by atoms with Crippen molar-refractivity contribution in [3.63, 3.8) is 0 Å². The van der Waals surface area contributed by atoms with Gasteiger partial charge in [0, 0.05) is 19.4 Å². The first-order chi connectivity index (χ1) is 40.8. The molecule has 23 N–H and O–H groups in total. The lowest BCUT2D eigenvalue weighted by Crippen LogP contribution is -2.63. The molecular weight excluding hydrogens is 1160 g/mol. The second-order valence-electron chi connectivity index (χ2n) is 21.8. The minimum absolute atomic E-state index is 0.00625. The van der Waals surface area contributed by atoms with Crippen molar-refractivity contribution in [1.82, 2.24) is 47.9 Å². The molecule has 0 bridgehead atoms. The van der Waals surface area contributed by atoms with E-state index in [1.54, 1.807) is 50.4 Å². The van der Waals surface area contributed by atoms with Crippen LogP contribution in [0.15, 0.2) is 35.3 Å². The van der Waals surface area contributed by atoms with E-state index in [-0.39, 0.29) is 63.5 Å². The number of aliphatic hydroxyl groups is 2. The van der Waals surface area contributed by atoms with E-state index in [1.807, 2.05) is 0 Å². The summed E-state index contributed by atoms with van der Waals surface area (Å²) in [5, 5.41) is 62.9. The number of aliphatic hydroxyl groups excluding tert-OH is 2. The third-order valence-corrected chi connectivity index (χ3v) is 14.0. The second kappa shape index (κ2) is 40.7. The Labute approximate surface area is 510 Å². The molecular formula is C55H93N15O16S. The zero-order valence-corrected chi connectivity index (χ0v) is 51.3. The summed E-state index contributed by atoms with van der Waals surface area (Å²) in [5.41, 5.74) is 28.9. The van der Waals surface area contributed by atoms with Crippen molar-refractivity contribution in [3.05, 3.63) is 35.9 Å². The third-order valence-electron chi connectivity index (χ3n) is 13.3. The molecule has 1 rings (SSSR count). The van der Waals surface area contributed by atoms with Crippen LogP contribution in [-0.2, 0) is 64.0 Å². The van der Waals surface area contributed by atoms with Crippen LogP contribution in [0.3, 0.4) is 0 Å². The standard InChI is InChI=1S/C55H93N15O16S/c1-28(2)26-39(50(81)70-44(31(6)72)53(84)68-42(29(3)4)51(82)64-36(19-21-41(74)75)47(78)66-38(54(85)86)16-11-12-23-56)67-48(79)35(18-20-40(58)73)65-52(83)43(30(5)71)69-49(80)37(22-25-87-7)63-46(77)34(17-13-24-61-55(59)60)62-45(76)33(57)27-32-14-9-8-10-15-32/h8-10,14-15,28-31,33-39,42-44,71-72H,11-13,16-27,56-57H2,1-7H3,(H2,58,73)(H,62,76)(H,63,77)(H,64,82)(H,65,83)(H,66,78)(H,67,79)(H,68,84)(H,69,80)(H,70,81)(H,74,75)(H,85,86)(H4,59,60,61)/t30-,31-,33+,34+,35+,36+,37+,38+,39+,42+,43+,44+/m1/s1. The van der Waals surface area contributed by atoms with E-state index in [9.17, 15) is 78.0 Å². The number of guanidine groups is 1. The summed E-state index contributed by atoms with van der Waals surface area (Å²) in [7, 11) is 0. The Bertz CT molecular complexity index is 2470. The normalized spacial score (nSPS) is 15.3. The topological polar surface area (TPSA) is 536 Å². The Morgan fingerprint density at radius 2 is 0.943 bits per heavy atom. The predicted molar refractivity (Wildman–Crippen MR) is 322 cm³/mol. The Kier molecular flexibility index (Phi) is 36.1. The van der Waals surface area contributed by atoms with Crippen molar-refractivity contribution in [2.45, 2.75) is 191 Å². The Hall–Kier alpha value is -7.68. The Morgan fingerprint density at radius 1 is 0.517 bits per heavy atom. The lowest BCUT2D eigenvalue weighted by molar-refractivity contribution is -0.143. The van der Waals surface area contributed by atoms with E-state index in [2.05, 4.69) is 52.8 Å². The number of unbranched alkanes of at least 4 members (excludes halogenated alkanes) is 1. The van der Waals surface area contributed by atoms with Gasteiger partial charge in [0.2, 0.25) is 59.1 Å². The highest BCUT2D eigenvalue weighted by Gasteiger charge is 2.38. The van der Waals surface area contributed by atoms with Crippen LogP contribution in [-0.4, -0.2) is 195 Å². The number of carbonyl (C=O) groups excluding carboxylic acids is 10. The number of carbonyl (C=O) groups is 12. The molecule has 0 fully saturated rings. The molecule has 490 valence electrons. The minimum Gasteiger partial charge on any atom is -0.481 e. The predicted octanol–water partition coefficient (Wildman–Crippen LogP) is -4.47. The first-order valence-electron chi connectivity index (χ1n) is 28.7.